The zero-order valence-corrected chi connectivity index (χ0v) is 23.3. The van der Waals surface area contributed by atoms with E-state index in [0.717, 1.165) is 31.6 Å². The van der Waals surface area contributed by atoms with Crippen molar-refractivity contribution < 1.29 is 18.8 Å². The monoisotopic (exact) mass is 558 g/mol. The first-order valence-electron chi connectivity index (χ1n) is 12.2. The van der Waals surface area contributed by atoms with Crippen LogP contribution in [-0.2, 0) is 9.30 Å². The summed E-state index contributed by atoms with van der Waals surface area (Å²) in [5.74, 6) is 1.66. The molecule has 1 aliphatic heterocycles. The van der Waals surface area contributed by atoms with Crippen molar-refractivity contribution in [3.63, 3.8) is 0 Å². The molecule has 0 saturated carbocycles. The van der Waals surface area contributed by atoms with Crippen LogP contribution in [0.1, 0.15) is 12.8 Å². The molecule has 0 spiro atoms. The number of carbonyl (C=O) groups excluding carboxylic acids is 1. The Morgan fingerprint density at radius 1 is 1.16 bits per heavy atom. The fraction of sp³-hybridized carbons (Fsp3) is 0.346. The van der Waals surface area contributed by atoms with Gasteiger partial charge in [0.05, 0.1) is 31.3 Å². The minimum Gasteiger partial charge on any atom is -0.494 e. The Labute approximate surface area is 227 Å². The number of aromatic nitrogens is 2. The van der Waals surface area contributed by atoms with Gasteiger partial charge in [-0.3, -0.25) is 0 Å². The standard InChI is InChI=1S/C26H32ClN6O4P/c1-36-22-14-18(33-12-10-17(11-13-33)16-37-25(28)34)8-9-20(22)31-26-29-15-19(27)24(32-26)30-21-6-4-5-7-23(21)38(2,3)35/h4-9,14-15,17H,10-13,16H2,1-3H3,(H2,28,34)(H2,29,30,31,32). The highest BCUT2D eigenvalue weighted by molar-refractivity contribution is 7.70. The molecule has 0 aliphatic carbocycles. The van der Waals surface area contributed by atoms with Crippen LogP contribution in [0.3, 0.4) is 0 Å². The summed E-state index contributed by atoms with van der Waals surface area (Å²) in [5, 5.41) is 7.46. The average Bonchev–Trinajstić information content (AvgIpc) is 2.89. The van der Waals surface area contributed by atoms with E-state index in [1.54, 1.807) is 20.4 Å². The number of para-hydroxylation sites is 1. The second kappa shape index (κ2) is 11.9. The molecule has 4 N–H and O–H groups in total. The van der Waals surface area contributed by atoms with Gasteiger partial charge in [0.1, 0.15) is 17.9 Å². The van der Waals surface area contributed by atoms with Gasteiger partial charge in [-0.25, -0.2) is 9.78 Å². The van der Waals surface area contributed by atoms with E-state index in [1.807, 2.05) is 42.5 Å². The summed E-state index contributed by atoms with van der Waals surface area (Å²) in [6, 6.07) is 13.3. The number of halogens is 1. The van der Waals surface area contributed by atoms with Crippen LogP contribution in [0.25, 0.3) is 0 Å². The van der Waals surface area contributed by atoms with E-state index in [0.29, 0.717) is 51.7 Å². The van der Waals surface area contributed by atoms with E-state index in [2.05, 4.69) is 25.5 Å². The van der Waals surface area contributed by atoms with E-state index in [-0.39, 0.29) is 0 Å². The molecule has 38 heavy (non-hydrogen) atoms. The lowest BCUT2D eigenvalue weighted by Crippen LogP contribution is -2.35. The molecule has 1 aromatic heterocycles. The van der Waals surface area contributed by atoms with Crippen LogP contribution < -0.4 is 31.3 Å². The number of benzene rings is 2. The third-order valence-electron chi connectivity index (χ3n) is 6.35. The van der Waals surface area contributed by atoms with Crippen LogP contribution in [0.4, 0.5) is 33.6 Å². The highest BCUT2D eigenvalue weighted by Crippen LogP contribution is 2.39. The number of ether oxygens (including phenoxy) is 2. The van der Waals surface area contributed by atoms with Crippen molar-refractivity contribution in [3.05, 3.63) is 53.7 Å². The predicted molar refractivity (Wildman–Crippen MR) is 153 cm³/mol. The summed E-state index contributed by atoms with van der Waals surface area (Å²) < 4.78 is 23.3. The van der Waals surface area contributed by atoms with Gasteiger partial charge in [0.15, 0.2) is 5.82 Å². The largest absolute Gasteiger partial charge is 0.494 e. The lowest BCUT2D eigenvalue weighted by Gasteiger charge is -2.33. The number of hydrogen-bond donors (Lipinski definition) is 3. The normalized spacial score (nSPS) is 14.2. The maximum Gasteiger partial charge on any atom is 0.404 e. The van der Waals surface area contributed by atoms with Crippen LogP contribution in [-0.4, -0.2) is 56.2 Å². The molecular weight excluding hydrogens is 527 g/mol. The molecule has 3 aromatic rings. The van der Waals surface area contributed by atoms with Crippen molar-refractivity contribution in [1.82, 2.24) is 9.97 Å². The van der Waals surface area contributed by atoms with E-state index in [4.69, 9.17) is 26.8 Å². The number of primary amides is 1. The van der Waals surface area contributed by atoms with Crippen molar-refractivity contribution in [2.75, 3.05) is 55.7 Å². The Bertz CT molecular complexity index is 1340. The van der Waals surface area contributed by atoms with Gasteiger partial charge in [-0.05, 0) is 56.4 Å². The number of nitrogens with one attached hydrogen (secondary N) is 2. The zero-order valence-electron chi connectivity index (χ0n) is 21.6. The molecule has 0 radical (unpaired) electrons. The van der Waals surface area contributed by atoms with Gasteiger partial charge < -0.3 is 35.3 Å². The maximum atomic E-state index is 12.7. The van der Waals surface area contributed by atoms with Crippen molar-refractivity contribution in [1.29, 1.82) is 0 Å². The predicted octanol–water partition coefficient (Wildman–Crippen LogP) is 5.19. The number of amides is 1. The van der Waals surface area contributed by atoms with E-state index >= 15 is 0 Å². The summed E-state index contributed by atoms with van der Waals surface area (Å²) in [5.41, 5.74) is 7.48. The first-order valence-corrected chi connectivity index (χ1v) is 15.2. The van der Waals surface area contributed by atoms with Crippen LogP contribution in [0.2, 0.25) is 5.02 Å². The fourth-order valence-electron chi connectivity index (χ4n) is 4.35. The van der Waals surface area contributed by atoms with Crippen LogP contribution in [0, 0.1) is 5.92 Å². The van der Waals surface area contributed by atoms with E-state index in [1.165, 1.54) is 6.20 Å². The summed E-state index contributed by atoms with van der Waals surface area (Å²) in [7, 11) is -0.914. The van der Waals surface area contributed by atoms with Crippen LogP contribution in [0.15, 0.2) is 48.7 Å². The smallest absolute Gasteiger partial charge is 0.404 e. The summed E-state index contributed by atoms with van der Waals surface area (Å²) in [4.78, 5) is 22.0. The fourth-order valence-corrected chi connectivity index (χ4v) is 5.64. The SMILES string of the molecule is COc1cc(N2CCC(COC(N)=O)CC2)ccc1Nc1ncc(Cl)c(Nc2ccccc2P(C)(C)=O)n1. The van der Waals surface area contributed by atoms with Crippen LogP contribution in [0.5, 0.6) is 5.75 Å². The minimum absolute atomic E-state index is 0.306. The van der Waals surface area contributed by atoms with Gasteiger partial charge in [-0.1, -0.05) is 23.7 Å². The van der Waals surface area contributed by atoms with Gasteiger partial charge in [0.25, 0.3) is 0 Å². The molecule has 1 amide bonds. The number of rotatable bonds is 9. The number of piperidine rings is 1. The zero-order chi connectivity index (χ0) is 27.3. The molecular formula is C26H32ClN6O4P. The third kappa shape index (κ3) is 6.88. The minimum atomic E-state index is -2.52. The molecule has 4 rings (SSSR count). The van der Waals surface area contributed by atoms with Crippen molar-refractivity contribution in [2.45, 2.75) is 12.8 Å². The first kappa shape index (κ1) is 27.5. The average molecular weight is 559 g/mol. The Morgan fingerprint density at radius 2 is 1.89 bits per heavy atom. The molecule has 2 heterocycles. The number of nitrogens with zero attached hydrogens (tertiary/aromatic N) is 3. The molecule has 0 unspecified atom stereocenters. The van der Waals surface area contributed by atoms with Crippen molar-refractivity contribution in [3.8, 4) is 5.75 Å². The molecule has 2 aromatic carbocycles. The molecule has 0 atom stereocenters. The van der Waals surface area contributed by atoms with E-state index < -0.39 is 13.2 Å². The number of nitrogens with two attached hydrogens (primary N) is 1. The van der Waals surface area contributed by atoms with Crippen LogP contribution >= 0.6 is 18.7 Å². The van der Waals surface area contributed by atoms with Crippen molar-refractivity contribution in [2.24, 2.45) is 11.7 Å². The highest BCUT2D eigenvalue weighted by Gasteiger charge is 2.22. The summed E-state index contributed by atoms with van der Waals surface area (Å²) in [6.07, 6.45) is 2.58. The van der Waals surface area contributed by atoms with Gasteiger partial charge in [-0.15, -0.1) is 0 Å². The van der Waals surface area contributed by atoms with Crippen molar-refractivity contribution >= 4 is 59.0 Å². The molecule has 12 heteroatoms. The Morgan fingerprint density at radius 3 is 2.58 bits per heavy atom. The molecule has 0 bridgehead atoms. The molecule has 202 valence electrons. The molecule has 1 aliphatic rings. The maximum absolute atomic E-state index is 12.7. The number of methoxy groups -OCH3 is 1. The summed E-state index contributed by atoms with van der Waals surface area (Å²) >= 11 is 6.38. The highest BCUT2D eigenvalue weighted by atomic mass is 35.5. The Kier molecular flexibility index (Phi) is 8.64. The number of hydrogen-bond acceptors (Lipinski definition) is 9. The van der Waals surface area contributed by atoms with Gasteiger partial charge in [0.2, 0.25) is 5.95 Å². The molecule has 1 saturated heterocycles. The molecule has 1 fully saturated rings. The molecule has 10 nitrogen and oxygen atoms in total. The second-order valence-corrected chi connectivity index (χ2v) is 13.0. The lowest BCUT2D eigenvalue weighted by atomic mass is 9.97. The topological polar surface area (TPSA) is 132 Å². The van der Waals surface area contributed by atoms with Gasteiger partial charge >= 0.3 is 6.09 Å². The number of carbonyl (C=O) groups is 1. The lowest BCUT2D eigenvalue weighted by molar-refractivity contribution is 0.129. The van der Waals surface area contributed by atoms with Gasteiger partial charge in [0, 0.05) is 30.1 Å². The Hall–Kier alpha value is -3.49. The summed E-state index contributed by atoms with van der Waals surface area (Å²) in [6.45, 7) is 5.47. The quantitative estimate of drug-likeness (QED) is 0.304. The van der Waals surface area contributed by atoms with E-state index in [9.17, 15) is 9.36 Å². The third-order valence-corrected chi connectivity index (χ3v) is 8.18. The second-order valence-electron chi connectivity index (χ2n) is 9.45. The Balaban J connectivity index is 1.48. The van der Waals surface area contributed by atoms with Gasteiger partial charge in [-0.2, -0.15) is 4.98 Å². The number of anilines is 5. The first-order chi connectivity index (χ1) is 18.1.